The van der Waals surface area contributed by atoms with Crippen molar-refractivity contribution < 1.29 is 24.2 Å². The first-order valence-corrected chi connectivity index (χ1v) is 10.5. The summed E-state index contributed by atoms with van der Waals surface area (Å²) in [6.45, 7) is 4.19. The zero-order chi connectivity index (χ0) is 18.9. The number of aliphatic hydroxyl groups is 1. The normalized spacial score (nSPS) is 30.4. The Kier molecular flexibility index (Phi) is 8.89. The van der Waals surface area contributed by atoms with Crippen LogP contribution in [-0.4, -0.2) is 36.4 Å². The molecule has 1 N–H and O–H groups in total. The predicted molar refractivity (Wildman–Crippen MR) is 99.4 cm³/mol. The largest absolute Gasteiger partial charge is 0.463 e. The monoisotopic (exact) mass is 368 g/mol. The van der Waals surface area contributed by atoms with Crippen LogP contribution < -0.4 is 0 Å². The minimum atomic E-state index is -0.943. The van der Waals surface area contributed by atoms with Gasteiger partial charge in [0.2, 0.25) is 0 Å². The second kappa shape index (κ2) is 10.9. The molecule has 0 spiro atoms. The molecule has 0 aromatic carbocycles. The van der Waals surface area contributed by atoms with E-state index in [0.717, 1.165) is 63.2 Å². The van der Waals surface area contributed by atoms with Crippen molar-refractivity contribution in [3.05, 3.63) is 0 Å². The molecule has 0 bridgehead atoms. The molecule has 26 heavy (non-hydrogen) atoms. The molecular formula is C21H36O5. The average Bonchev–Trinajstić information content (AvgIpc) is 2.70. The summed E-state index contributed by atoms with van der Waals surface area (Å²) < 4.78 is 10.5. The van der Waals surface area contributed by atoms with Crippen molar-refractivity contribution >= 4 is 11.9 Å². The van der Waals surface area contributed by atoms with Gasteiger partial charge in [0.05, 0.1) is 11.8 Å². The van der Waals surface area contributed by atoms with Crippen LogP contribution in [0.5, 0.6) is 0 Å². The highest BCUT2D eigenvalue weighted by Gasteiger charge is 2.28. The average molecular weight is 369 g/mol. The van der Waals surface area contributed by atoms with Gasteiger partial charge in [-0.2, -0.15) is 0 Å². The molecule has 2 aliphatic carbocycles. The van der Waals surface area contributed by atoms with Crippen molar-refractivity contribution in [2.75, 3.05) is 13.2 Å². The van der Waals surface area contributed by atoms with Gasteiger partial charge in [0.25, 0.3) is 0 Å². The number of ether oxygens (including phenoxy) is 2. The van der Waals surface area contributed by atoms with Crippen LogP contribution in [0.3, 0.4) is 0 Å². The van der Waals surface area contributed by atoms with Crippen LogP contribution in [0.25, 0.3) is 0 Å². The zero-order valence-electron chi connectivity index (χ0n) is 16.5. The highest BCUT2D eigenvalue weighted by atomic mass is 16.6. The highest BCUT2D eigenvalue weighted by molar-refractivity contribution is 5.73. The lowest BCUT2D eigenvalue weighted by atomic mass is 9.81. The number of carbonyl (C=O) groups is 2. The van der Waals surface area contributed by atoms with E-state index in [-0.39, 0.29) is 37.0 Å². The quantitative estimate of drug-likeness (QED) is 0.659. The SMILES string of the molecule is CCC1CCC(C(=O)OCC(O)COC(=O)C2CCC(CC)CC2)CC1. The Hall–Kier alpha value is -1.10. The Balaban J connectivity index is 1.59. The molecular weight excluding hydrogens is 332 g/mol. The second-order valence-corrected chi connectivity index (χ2v) is 8.17. The van der Waals surface area contributed by atoms with Crippen LogP contribution in [0.2, 0.25) is 0 Å². The van der Waals surface area contributed by atoms with Crippen molar-refractivity contribution in [1.82, 2.24) is 0 Å². The maximum absolute atomic E-state index is 12.1. The van der Waals surface area contributed by atoms with Gasteiger partial charge in [0.1, 0.15) is 19.3 Å². The van der Waals surface area contributed by atoms with Crippen molar-refractivity contribution in [1.29, 1.82) is 0 Å². The molecule has 0 amide bonds. The van der Waals surface area contributed by atoms with E-state index in [1.807, 2.05) is 0 Å². The maximum atomic E-state index is 12.1. The maximum Gasteiger partial charge on any atom is 0.309 e. The third-order valence-electron chi connectivity index (χ3n) is 6.35. The lowest BCUT2D eigenvalue weighted by Crippen LogP contribution is -2.31. The van der Waals surface area contributed by atoms with Gasteiger partial charge in [-0.15, -0.1) is 0 Å². The van der Waals surface area contributed by atoms with Crippen LogP contribution in [0, 0.1) is 23.7 Å². The lowest BCUT2D eigenvalue weighted by Gasteiger charge is -2.27. The highest BCUT2D eigenvalue weighted by Crippen LogP contribution is 2.32. The summed E-state index contributed by atoms with van der Waals surface area (Å²) in [5, 5.41) is 9.95. The molecule has 0 radical (unpaired) electrons. The van der Waals surface area contributed by atoms with Crippen molar-refractivity contribution in [3.8, 4) is 0 Å². The van der Waals surface area contributed by atoms with Gasteiger partial charge in [-0.25, -0.2) is 0 Å². The Morgan fingerprint density at radius 2 is 1.12 bits per heavy atom. The first kappa shape index (κ1) is 21.2. The van der Waals surface area contributed by atoms with Crippen molar-refractivity contribution in [2.24, 2.45) is 23.7 Å². The molecule has 0 aromatic heterocycles. The van der Waals surface area contributed by atoms with Gasteiger partial charge in [-0.3, -0.25) is 9.59 Å². The fourth-order valence-electron chi connectivity index (χ4n) is 4.25. The standard InChI is InChI=1S/C21H36O5/c1-3-15-5-9-17(10-6-15)20(23)25-13-19(22)14-26-21(24)18-11-7-16(4-2)8-12-18/h15-19,22H,3-14H2,1-2H3. The van der Waals surface area contributed by atoms with Gasteiger partial charge < -0.3 is 14.6 Å². The molecule has 0 aliphatic heterocycles. The molecule has 5 nitrogen and oxygen atoms in total. The van der Waals surface area contributed by atoms with E-state index in [1.165, 1.54) is 12.8 Å². The van der Waals surface area contributed by atoms with Crippen LogP contribution >= 0.6 is 0 Å². The molecule has 5 heteroatoms. The summed E-state index contributed by atoms with van der Waals surface area (Å²) in [7, 11) is 0. The van der Waals surface area contributed by atoms with E-state index in [2.05, 4.69) is 13.8 Å². The van der Waals surface area contributed by atoms with Gasteiger partial charge in [0.15, 0.2) is 0 Å². The Bertz CT molecular complexity index is 394. The summed E-state index contributed by atoms with van der Waals surface area (Å²) in [6.07, 6.45) is 9.23. The predicted octanol–water partition coefficient (Wildman–Crippen LogP) is 3.87. The summed E-state index contributed by atoms with van der Waals surface area (Å²) in [5.74, 6) is 0.945. The van der Waals surface area contributed by atoms with Crippen LogP contribution in [-0.2, 0) is 19.1 Å². The Morgan fingerprint density at radius 3 is 1.42 bits per heavy atom. The molecule has 2 aliphatic rings. The molecule has 2 fully saturated rings. The smallest absolute Gasteiger partial charge is 0.309 e. The summed E-state index contributed by atoms with van der Waals surface area (Å²) in [4.78, 5) is 24.2. The third kappa shape index (κ3) is 6.57. The second-order valence-electron chi connectivity index (χ2n) is 8.17. The minimum absolute atomic E-state index is 0.0405. The van der Waals surface area contributed by atoms with Crippen molar-refractivity contribution in [3.63, 3.8) is 0 Å². The lowest BCUT2D eigenvalue weighted by molar-refractivity contribution is -0.158. The molecule has 2 rings (SSSR count). The summed E-state index contributed by atoms with van der Waals surface area (Å²) in [6, 6.07) is 0. The van der Waals surface area contributed by atoms with E-state index in [0.29, 0.717) is 0 Å². The molecule has 0 unspecified atom stereocenters. The molecule has 0 aromatic rings. The topological polar surface area (TPSA) is 72.8 Å². The first-order chi connectivity index (χ1) is 12.5. The number of esters is 2. The first-order valence-electron chi connectivity index (χ1n) is 10.5. The number of hydrogen-bond donors (Lipinski definition) is 1. The molecule has 0 heterocycles. The van der Waals surface area contributed by atoms with Crippen LogP contribution in [0.15, 0.2) is 0 Å². The van der Waals surface area contributed by atoms with E-state index >= 15 is 0 Å². The van der Waals surface area contributed by atoms with Gasteiger partial charge in [-0.05, 0) is 63.2 Å². The van der Waals surface area contributed by atoms with Crippen LogP contribution in [0.4, 0.5) is 0 Å². The van der Waals surface area contributed by atoms with E-state index < -0.39 is 6.10 Å². The van der Waals surface area contributed by atoms with Crippen molar-refractivity contribution in [2.45, 2.75) is 84.2 Å². The zero-order valence-corrected chi connectivity index (χ0v) is 16.5. The van der Waals surface area contributed by atoms with E-state index in [9.17, 15) is 14.7 Å². The number of aliphatic hydroxyl groups excluding tert-OH is 1. The van der Waals surface area contributed by atoms with E-state index in [4.69, 9.17) is 9.47 Å². The van der Waals surface area contributed by atoms with Gasteiger partial charge in [0, 0.05) is 0 Å². The molecule has 0 atom stereocenters. The summed E-state index contributed by atoms with van der Waals surface area (Å²) >= 11 is 0. The van der Waals surface area contributed by atoms with Crippen LogP contribution in [0.1, 0.15) is 78.1 Å². The number of carbonyl (C=O) groups excluding carboxylic acids is 2. The molecule has 150 valence electrons. The molecule has 2 saturated carbocycles. The third-order valence-corrected chi connectivity index (χ3v) is 6.35. The number of rotatable bonds is 8. The Morgan fingerprint density at radius 1 is 0.769 bits per heavy atom. The Labute approximate surface area is 157 Å². The fraction of sp³-hybridized carbons (Fsp3) is 0.905. The minimum Gasteiger partial charge on any atom is -0.463 e. The summed E-state index contributed by atoms with van der Waals surface area (Å²) in [5.41, 5.74) is 0. The van der Waals surface area contributed by atoms with Gasteiger partial charge in [-0.1, -0.05) is 26.7 Å². The van der Waals surface area contributed by atoms with Gasteiger partial charge >= 0.3 is 11.9 Å². The fourth-order valence-corrected chi connectivity index (χ4v) is 4.25. The van der Waals surface area contributed by atoms with E-state index in [1.54, 1.807) is 0 Å². The number of hydrogen-bond acceptors (Lipinski definition) is 5. The molecule has 0 saturated heterocycles.